The first-order valence-electron chi connectivity index (χ1n) is 8.47. The first-order chi connectivity index (χ1) is 9.81. The van der Waals surface area contributed by atoms with Crippen molar-refractivity contribution in [2.75, 3.05) is 0 Å². The SMILES string of the molecule is CCc1c(C)ccc2c1C(=O)C[C@@H]1C(C)(C)CCC[C@]21C. The van der Waals surface area contributed by atoms with Crippen molar-refractivity contribution in [3.8, 4) is 0 Å². The molecule has 1 aromatic carbocycles. The van der Waals surface area contributed by atoms with E-state index in [0.29, 0.717) is 11.7 Å². The molecule has 0 N–H and O–H groups in total. The molecule has 3 rings (SSSR count). The minimum absolute atomic E-state index is 0.183. The average molecular weight is 284 g/mol. The molecule has 114 valence electrons. The minimum Gasteiger partial charge on any atom is -0.294 e. The molecule has 21 heavy (non-hydrogen) atoms. The smallest absolute Gasteiger partial charge is 0.163 e. The van der Waals surface area contributed by atoms with Gasteiger partial charge in [-0.05, 0) is 59.6 Å². The normalized spacial score (nSPS) is 30.7. The number of rotatable bonds is 1. The summed E-state index contributed by atoms with van der Waals surface area (Å²) in [5.74, 6) is 0.883. The van der Waals surface area contributed by atoms with E-state index in [0.717, 1.165) is 18.4 Å². The third-order valence-corrected chi connectivity index (χ3v) is 6.41. The van der Waals surface area contributed by atoms with Crippen LogP contribution in [0, 0.1) is 18.3 Å². The van der Waals surface area contributed by atoms with Gasteiger partial charge in [0.1, 0.15) is 0 Å². The van der Waals surface area contributed by atoms with Crippen LogP contribution in [0.3, 0.4) is 0 Å². The third kappa shape index (κ3) is 2.00. The number of hydrogen-bond donors (Lipinski definition) is 0. The van der Waals surface area contributed by atoms with Gasteiger partial charge in [0.2, 0.25) is 0 Å². The zero-order chi connectivity index (χ0) is 15.4. The Morgan fingerprint density at radius 3 is 2.57 bits per heavy atom. The molecule has 0 bridgehead atoms. The highest BCUT2D eigenvalue weighted by molar-refractivity contribution is 6.01. The Labute approximate surface area is 129 Å². The van der Waals surface area contributed by atoms with Crippen molar-refractivity contribution >= 4 is 5.78 Å². The molecule has 1 nitrogen and oxygen atoms in total. The van der Waals surface area contributed by atoms with E-state index in [4.69, 9.17) is 0 Å². The van der Waals surface area contributed by atoms with Crippen LogP contribution in [0.2, 0.25) is 0 Å². The Kier molecular flexibility index (Phi) is 3.31. The molecule has 0 aromatic heterocycles. The lowest BCUT2D eigenvalue weighted by molar-refractivity contribution is 0.0367. The molecule has 1 heteroatoms. The lowest BCUT2D eigenvalue weighted by atomic mass is 9.50. The molecular weight excluding hydrogens is 256 g/mol. The van der Waals surface area contributed by atoms with Crippen LogP contribution in [0.4, 0.5) is 0 Å². The fourth-order valence-electron chi connectivity index (χ4n) is 5.24. The van der Waals surface area contributed by atoms with E-state index < -0.39 is 0 Å². The van der Waals surface area contributed by atoms with Gasteiger partial charge >= 0.3 is 0 Å². The van der Waals surface area contributed by atoms with Crippen molar-refractivity contribution in [3.63, 3.8) is 0 Å². The number of Topliss-reactive ketones (excluding diaryl/α,β-unsaturated/α-hetero) is 1. The Bertz CT molecular complexity index is 596. The summed E-state index contributed by atoms with van der Waals surface area (Å²) in [6.45, 7) is 11.5. The van der Waals surface area contributed by atoms with Crippen LogP contribution in [0.25, 0.3) is 0 Å². The number of benzene rings is 1. The quantitative estimate of drug-likeness (QED) is 0.690. The van der Waals surface area contributed by atoms with Crippen molar-refractivity contribution in [2.45, 2.75) is 72.1 Å². The maximum absolute atomic E-state index is 12.9. The molecule has 2 atom stereocenters. The lowest BCUT2D eigenvalue weighted by Gasteiger charge is -2.54. The van der Waals surface area contributed by atoms with Crippen LogP contribution in [0.15, 0.2) is 12.1 Å². The summed E-state index contributed by atoms with van der Waals surface area (Å²) in [6, 6.07) is 4.50. The molecule has 0 spiro atoms. The topological polar surface area (TPSA) is 17.1 Å². The zero-order valence-corrected chi connectivity index (χ0v) is 14.2. The van der Waals surface area contributed by atoms with Gasteiger partial charge in [-0.2, -0.15) is 0 Å². The van der Waals surface area contributed by atoms with Gasteiger partial charge in [0.25, 0.3) is 0 Å². The van der Waals surface area contributed by atoms with Gasteiger partial charge in [0, 0.05) is 12.0 Å². The van der Waals surface area contributed by atoms with Crippen LogP contribution >= 0.6 is 0 Å². The predicted octanol–water partition coefficient (Wildman–Crippen LogP) is 5.23. The first kappa shape index (κ1) is 14.8. The highest BCUT2D eigenvalue weighted by atomic mass is 16.1. The summed E-state index contributed by atoms with van der Waals surface area (Å²) in [6.07, 6.45) is 5.47. The van der Waals surface area contributed by atoms with Gasteiger partial charge in [-0.15, -0.1) is 0 Å². The number of carbonyl (C=O) groups is 1. The van der Waals surface area contributed by atoms with Crippen molar-refractivity contribution < 1.29 is 4.79 Å². The standard InChI is InChI=1S/C20H28O/c1-6-14-13(2)8-9-15-18(14)16(21)12-17-19(3,4)10-7-11-20(15,17)5/h8-9,17H,6-7,10-12H2,1-5H3/t17-,20-/m1/s1. The summed E-state index contributed by atoms with van der Waals surface area (Å²) in [5.41, 5.74) is 5.45. The molecule has 1 fully saturated rings. The van der Waals surface area contributed by atoms with E-state index >= 15 is 0 Å². The molecule has 1 saturated carbocycles. The van der Waals surface area contributed by atoms with Gasteiger partial charge < -0.3 is 0 Å². The predicted molar refractivity (Wildman–Crippen MR) is 88.0 cm³/mol. The van der Waals surface area contributed by atoms with Gasteiger partial charge in [-0.3, -0.25) is 4.79 Å². The second kappa shape index (κ2) is 4.69. The van der Waals surface area contributed by atoms with Crippen LogP contribution in [-0.4, -0.2) is 5.78 Å². The molecule has 2 aliphatic carbocycles. The monoisotopic (exact) mass is 284 g/mol. The fraction of sp³-hybridized carbons (Fsp3) is 0.650. The average Bonchev–Trinajstić information content (AvgIpc) is 2.41. The van der Waals surface area contributed by atoms with E-state index in [-0.39, 0.29) is 10.8 Å². The number of carbonyl (C=O) groups excluding carboxylic acids is 1. The van der Waals surface area contributed by atoms with Crippen molar-refractivity contribution in [2.24, 2.45) is 11.3 Å². The van der Waals surface area contributed by atoms with Crippen molar-refractivity contribution in [1.82, 2.24) is 0 Å². The van der Waals surface area contributed by atoms with Crippen LogP contribution in [-0.2, 0) is 11.8 Å². The summed E-state index contributed by atoms with van der Waals surface area (Å²) in [4.78, 5) is 12.9. The van der Waals surface area contributed by atoms with Gasteiger partial charge in [0.15, 0.2) is 5.78 Å². The number of aryl methyl sites for hydroxylation is 1. The maximum atomic E-state index is 12.9. The van der Waals surface area contributed by atoms with Gasteiger partial charge in [0.05, 0.1) is 0 Å². The highest BCUT2D eigenvalue weighted by Gasteiger charge is 2.52. The molecule has 0 radical (unpaired) electrons. The Morgan fingerprint density at radius 1 is 1.19 bits per heavy atom. The van der Waals surface area contributed by atoms with E-state index in [2.05, 4.69) is 46.8 Å². The van der Waals surface area contributed by atoms with E-state index in [1.165, 1.54) is 36.0 Å². The zero-order valence-electron chi connectivity index (χ0n) is 14.2. The summed E-state index contributed by atoms with van der Waals surface area (Å²) in [7, 11) is 0. The number of fused-ring (bicyclic) bond motifs is 3. The molecule has 2 aliphatic rings. The lowest BCUT2D eigenvalue weighted by Crippen LogP contribution is -2.49. The molecule has 0 amide bonds. The maximum Gasteiger partial charge on any atom is 0.163 e. The highest BCUT2D eigenvalue weighted by Crippen LogP contribution is 2.57. The molecule has 0 saturated heterocycles. The van der Waals surface area contributed by atoms with Crippen molar-refractivity contribution in [1.29, 1.82) is 0 Å². The minimum atomic E-state index is 0.183. The Morgan fingerprint density at radius 2 is 1.90 bits per heavy atom. The number of ketones is 1. The fourth-order valence-corrected chi connectivity index (χ4v) is 5.24. The second-order valence-corrected chi connectivity index (χ2v) is 8.08. The Hall–Kier alpha value is -1.11. The Balaban J connectivity index is 2.24. The first-order valence-corrected chi connectivity index (χ1v) is 8.47. The molecule has 0 unspecified atom stereocenters. The van der Waals surface area contributed by atoms with Gasteiger partial charge in [-0.25, -0.2) is 0 Å². The second-order valence-electron chi connectivity index (χ2n) is 8.08. The summed E-state index contributed by atoms with van der Waals surface area (Å²) in [5, 5.41) is 0. The summed E-state index contributed by atoms with van der Waals surface area (Å²) < 4.78 is 0. The largest absolute Gasteiger partial charge is 0.294 e. The van der Waals surface area contributed by atoms with Crippen LogP contribution in [0.5, 0.6) is 0 Å². The van der Waals surface area contributed by atoms with Gasteiger partial charge in [-0.1, -0.05) is 46.2 Å². The third-order valence-electron chi connectivity index (χ3n) is 6.41. The summed E-state index contributed by atoms with van der Waals surface area (Å²) >= 11 is 0. The number of hydrogen-bond acceptors (Lipinski definition) is 1. The van der Waals surface area contributed by atoms with E-state index in [1.807, 2.05) is 0 Å². The molecular formula is C20H28O. The van der Waals surface area contributed by atoms with E-state index in [9.17, 15) is 4.79 Å². The molecule has 1 aromatic rings. The molecule has 0 heterocycles. The van der Waals surface area contributed by atoms with Crippen LogP contribution < -0.4 is 0 Å². The van der Waals surface area contributed by atoms with Crippen LogP contribution in [0.1, 0.15) is 80.4 Å². The van der Waals surface area contributed by atoms with E-state index in [1.54, 1.807) is 0 Å². The van der Waals surface area contributed by atoms with Crippen molar-refractivity contribution in [3.05, 3.63) is 34.4 Å². The molecule has 0 aliphatic heterocycles.